The molecular formula is C12H19ClN4O. The minimum Gasteiger partial charge on any atom is -0.393 e. The maximum Gasteiger partial charge on any atom is 0.224 e. The number of aliphatic hydroxyl groups is 1. The van der Waals surface area contributed by atoms with Gasteiger partial charge in [0.15, 0.2) is 0 Å². The number of rotatable bonds is 5. The molecule has 1 saturated carbocycles. The number of halogens is 1. The Hall–Kier alpha value is -1.07. The van der Waals surface area contributed by atoms with Gasteiger partial charge in [0.2, 0.25) is 5.95 Å². The largest absolute Gasteiger partial charge is 0.393 e. The van der Waals surface area contributed by atoms with Crippen molar-refractivity contribution >= 4 is 23.4 Å². The Kier molecular flexibility index (Phi) is 4.60. The molecule has 1 aliphatic carbocycles. The van der Waals surface area contributed by atoms with Crippen LogP contribution in [0.5, 0.6) is 0 Å². The zero-order valence-electron chi connectivity index (χ0n) is 10.5. The second-order valence-corrected chi connectivity index (χ2v) is 4.97. The molecular weight excluding hydrogens is 252 g/mol. The van der Waals surface area contributed by atoms with Gasteiger partial charge in [-0.3, -0.25) is 0 Å². The first-order valence-electron chi connectivity index (χ1n) is 6.39. The lowest BCUT2D eigenvalue weighted by molar-refractivity contribution is 0.138. The van der Waals surface area contributed by atoms with Crippen LogP contribution >= 0.6 is 11.6 Å². The Balaban J connectivity index is 1.97. The van der Waals surface area contributed by atoms with Crippen LogP contribution in [-0.4, -0.2) is 34.3 Å². The normalized spacial score (nSPS) is 23.1. The Labute approximate surface area is 112 Å². The topological polar surface area (TPSA) is 70.1 Å². The lowest BCUT2D eigenvalue weighted by atomic mass is 10.1. The molecule has 1 aliphatic rings. The molecule has 100 valence electrons. The van der Waals surface area contributed by atoms with Crippen LogP contribution in [0.1, 0.15) is 26.2 Å². The van der Waals surface area contributed by atoms with E-state index < -0.39 is 0 Å². The van der Waals surface area contributed by atoms with Crippen LogP contribution < -0.4 is 10.6 Å². The van der Waals surface area contributed by atoms with Gasteiger partial charge in [-0.2, -0.15) is 4.98 Å². The zero-order valence-corrected chi connectivity index (χ0v) is 11.2. The predicted octanol–water partition coefficient (Wildman–Crippen LogP) is 2.13. The predicted molar refractivity (Wildman–Crippen MR) is 73.0 cm³/mol. The van der Waals surface area contributed by atoms with Crippen LogP contribution in [-0.2, 0) is 0 Å². The first kappa shape index (κ1) is 13.4. The van der Waals surface area contributed by atoms with Crippen LogP contribution in [0.4, 0.5) is 11.8 Å². The van der Waals surface area contributed by atoms with E-state index in [0.29, 0.717) is 29.3 Å². The van der Waals surface area contributed by atoms with E-state index in [0.717, 1.165) is 25.8 Å². The van der Waals surface area contributed by atoms with Crippen molar-refractivity contribution in [2.24, 2.45) is 5.92 Å². The molecule has 0 amide bonds. The highest BCUT2D eigenvalue weighted by Gasteiger charge is 2.25. The molecule has 0 saturated heterocycles. The monoisotopic (exact) mass is 270 g/mol. The van der Waals surface area contributed by atoms with Crippen molar-refractivity contribution in [3.63, 3.8) is 0 Å². The lowest BCUT2D eigenvalue weighted by Crippen LogP contribution is -2.22. The molecule has 1 fully saturated rings. The molecule has 0 spiro atoms. The van der Waals surface area contributed by atoms with Crippen molar-refractivity contribution in [1.29, 1.82) is 0 Å². The van der Waals surface area contributed by atoms with Gasteiger partial charge in [0.25, 0.3) is 0 Å². The molecule has 18 heavy (non-hydrogen) atoms. The summed E-state index contributed by atoms with van der Waals surface area (Å²) in [6.45, 7) is 3.45. The summed E-state index contributed by atoms with van der Waals surface area (Å²) in [5, 5.41) is 16.5. The Morgan fingerprint density at radius 3 is 2.94 bits per heavy atom. The van der Waals surface area contributed by atoms with E-state index in [2.05, 4.69) is 20.6 Å². The summed E-state index contributed by atoms with van der Waals surface area (Å²) in [5.41, 5.74) is 0. The molecule has 6 heteroatoms. The third-order valence-electron chi connectivity index (χ3n) is 3.23. The van der Waals surface area contributed by atoms with Gasteiger partial charge in [-0.1, -0.05) is 18.0 Å². The molecule has 2 atom stereocenters. The summed E-state index contributed by atoms with van der Waals surface area (Å²) in [4.78, 5) is 8.38. The average molecular weight is 271 g/mol. The quantitative estimate of drug-likeness (QED) is 0.765. The first-order chi connectivity index (χ1) is 8.70. The number of aromatic nitrogens is 2. The number of nitrogens with zero attached hydrogens (tertiary/aromatic N) is 2. The van der Waals surface area contributed by atoms with Gasteiger partial charge in [-0.15, -0.1) is 0 Å². The second-order valence-electron chi connectivity index (χ2n) is 4.56. The number of hydrogen-bond donors (Lipinski definition) is 3. The van der Waals surface area contributed by atoms with E-state index in [4.69, 9.17) is 11.6 Å². The summed E-state index contributed by atoms with van der Waals surface area (Å²) in [6, 6.07) is 0. The van der Waals surface area contributed by atoms with E-state index in [1.165, 1.54) is 0 Å². The van der Waals surface area contributed by atoms with Crippen molar-refractivity contribution in [3.05, 3.63) is 11.2 Å². The Morgan fingerprint density at radius 1 is 1.44 bits per heavy atom. The molecule has 3 N–H and O–H groups in total. The maximum atomic E-state index is 9.76. The molecule has 1 aromatic rings. The average Bonchev–Trinajstić information content (AvgIpc) is 2.76. The van der Waals surface area contributed by atoms with Crippen LogP contribution in [0.15, 0.2) is 6.20 Å². The fraction of sp³-hybridized carbons (Fsp3) is 0.667. The third kappa shape index (κ3) is 3.23. The standard InChI is InChI=1S/C12H19ClN4O/c1-2-14-12-16-7-9(13)11(17-12)15-6-8-4-3-5-10(8)18/h7-8,10,18H,2-6H2,1H3,(H2,14,15,16,17). The van der Waals surface area contributed by atoms with E-state index >= 15 is 0 Å². The fourth-order valence-corrected chi connectivity index (χ4v) is 2.38. The van der Waals surface area contributed by atoms with Crippen molar-refractivity contribution in [1.82, 2.24) is 9.97 Å². The van der Waals surface area contributed by atoms with Gasteiger partial charge in [-0.25, -0.2) is 4.98 Å². The van der Waals surface area contributed by atoms with Gasteiger partial charge >= 0.3 is 0 Å². The number of nitrogens with one attached hydrogen (secondary N) is 2. The van der Waals surface area contributed by atoms with Crippen LogP contribution in [0.2, 0.25) is 5.02 Å². The van der Waals surface area contributed by atoms with E-state index in [-0.39, 0.29) is 6.10 Å². The molecule has 1 aromatic heterocycles. The summed E-state index contributed by atoms with van der Waals surface area (Å²) in [6.07, 6.45) is 4.42. The molecule has 0 aliphatic heterocycles. The summed E-state index contributed by atoms with van der Waals surface area (Å²) in [5.74, 6) is 1.48. The van der Waals surface area contributed by atoms with Gasteiger partial charge in [0.05, 0.1) is 12.3 Å². The summed E-state index contributed by atoms with van der Waals surface area (Å²) < 4.78 is 0. The molecule has 2 unspecified atom stereocenters. The minimum atomic E-state index is -0.202. The second kappa shape index (κ2) is 6.20. The molecule has 0 aromatic carbocycles. The van der Waals surface area contributed by atoms with Gasteiger partial charge in [-0.05, 0) is 19.8 Å². The van der Waals surface area contributed by atoms with E-state index in [9.17, 15) is 5.11 Å². The fourth-order valence-electron chi connectivity index (χ4n) is 2.22. The Bertz CT molecular complexity index is 402. The SMILES string of the molecule is CCNc1ncc(Cl)c(NCC2CCCC2O)n1. The van der Waals surface area contributed by atoms with Crippen molar-refractivity contribution in [2.45, 2.75) is 32.3 Å². The zero-order chi connectivity index (χ0) is 13.0. The first-order valence-corrected chi connectivity index (χ1v) is 6.77. The van der Waals surface area contributed by atoms with Crippen LogP contribution in [0.3, 0.4) is 0 Å². The van der Waals surface area contributed by atoms with Crippen molar-refractivity contribution in [3.8, 4) is 0 Å². The highest BCUT2D eigenvalue weighted by atomic mass is 35.5. The molecule has 0 bridgehead atoms. The highest BCUT2D eigenvalue weighted by Crippen LogP contribution is 2.27. The number of hydrogen-bond acceptors (Lipinski definition) is 5. The highest BCUT2D eigenvalue weighted by molar-refractivity contribution is 6.32. The number of anilines is 2. The van der Waals surface area contributed by atoms with Crippen LogP contribution in [0, 0.1) is 5.92 Å². The molecule has 5 nitrogen and oxygen atoms in total. The van der Waals surface area contributed by atoms with Gasteiger partial charge < -0.3 is 15.7 Å². The smallest absolute Gasteiger partial charge is 0.224 e. The van der Waals surface area contributed by atoms with E-state index in [1.54, 1.807) is 6.20 Å². The van der Waals surface area contributed by atoms with E-state index in [1.807, 2.05) is 6.92 Å². The summed E-state index contributed by atoms with van der Waals surface area (Å²) in [7, 11) is 0. The van der Waals surface area contributed by atoms with Crippen molar-refractivity contribution in [2.75, 3.05) is 23.7 Å². The Morgan fingerprint density at radius 2 is 2.28 bits per heavy atom. The lowest BCUT2D eigenvalue weighted by Gasteiger charge is -2.16. The molecule has 0 radical (unpaired) electrons. The van der Waals surface area contributed by atoms with Gasteiger partial charge in [0.1, 0.15) is 10.8 Å². The minimum absolute atomic E-state index is 0.202. The van der Waals surface area contributed by atoms with Crippen LogP contribution in [0.25, 0.3) is 0 Å². The number of aliphatic hydroxyl groups excluding tert-OH is 1. The third-order valence-corrected chi connectivity index (χ3v) is 3.51. The molecule has 1 heterocycles. The van der Waals surface area contributed by atoms with Crippen molar-refractivity contribution < 1.29 is 5.11 Å². The molecule has 2 rings (SSSR count). The maximum absolute atomic E-state index is 9.76. The van der Waals surface area contributed by atoms with Gasteiger partial charge in [0, 0.05) is 19.0 Å². The summed E-state index contributed by atoms with van der Waals surface area (Å²) >= 11 is 6.04.